The molecule has 5 rings (SSSR count). The minimum atomic E-state index is -4.44. The molecule has 2 aromatic carbocycles. The predicted molar refractivity (Wildman–Crippen MR) is 162 cm³/mol. The number of carbonyl (C=O) groups is 1. The monoisotopic (exact) mass is 628 g/mol. The molecule has 1 aliphatic heterocycles. The lowest BCUT2D eigenvalue weighted by Gasteiger charge is -2.31. The van der Waals surface area contributed by atoms with E-state index in [1.165, 1.54) is 25.3 Å². The number of rotatable bonds is 11. The summed E-state index contributed by atoms with van der Waals surface area (Å²) in [6.45, 7) is 4.55. The first-order valence-corrected chi connectivity index (χ1v) is 16.0. The summed E-state index contributed by atoms with van der Waals surface area (Å²) in [5, 5.41) is 26.0. The molecule has 1 saturated heterocycles. The second-order valence-electron chi connectivity index (χ2n) is 11.0. The highest BCUT2D eigenvalue weighted by Gasteiger charge is 2.55. The zero-order chi connectivity index (χ0) is 31.5. The van der Waals surface area contributed by atoms with Crippen LogP contribution in [0.4, 0.5) is 5.82 Å². The molecule has 13 nitrogen and oxygen atoms in total. The molecule has 0 radical (unpaired) electrons. The molecule has 14 heteroatoms. The van der Waals surface area contributed by atoms with Gasteiger partial charge >= 0.3 is 19.4 Å². The second kappa shape index (κ2) is 13.2. The Labute approximate surface area is 254 Å². The minimum absolute atomic E-state index is 0.0358. The number of esters is 1. The van der Waals surface area contributed by atoms with Gasteiger partial charge in [0.25, 0.3) is 0 Å². The van der Waals surface area contributed by atoms with E-state index in [9.17, 15) is 24.4 Å². The molecule has 2 fully saturated rings. The van der Waals surface area contributed by atoms with Crippen molar-refractivity contribution in [2.45, 2.75) is 75.2 Å². The van der Waals surface area contributed by atoms with Crippen LogP contribution in [-0.2, 0) is 23.4 Å². The molecule has 2 aliphatic rings. The number of aliphatic hydroxyl groups is 2. The molecule has 0 spiro atoms. The number of nitrogen functional groups attached to an aromatic ring is 1. The van der Waals surface area contributed by atoms with Gasteiger partial charge < -0.3 is 29.9 Å². The van der Waals surface area contributed by atoms with Gasteiger partial charge in [-0.2, -0.15) is 10.1 Å². The van der Waals surface area contributed by atoms with Gasteiger partial charge in [-0.3, -0.25) is 13.9 Å². The van der Waals surface area contributed by atoms with Crippen molar-refractivity contribution < 1.29 is 38.1 Å². The standard InChI is InChI=1S/C30H37N4O9P/c1-3-30(26(36)25(35)27(42-30)34-17-16-24(31)32-29(34)38)18-40-44(39,33-19(2)28(37)41-21-12-5-4-6-13-21)43-23-15-9-11-20-10-7-8-14-22(20)23/h3,7-11,14-17,19,21,25-27,35-36H,1,4-6,12-13,18H2,2H3,(H,33,39)(H2,31,32,38)/t19-,25+,26-,27+,30+,44?/m0/s1. The third-order valence-corrected chi connectivity index (χ3v) is 9.51. The molecule has 0 bridgehead atoms. The summed E-state index contributed by atoms with van der Waals surface area (Å²) >= 11 is 0. The van der Waals surface area contributed by atoms with Crippen LogP contribution < -0.4 is 21.0 Å². The van der Waals surface area contributed by atoms with Gasteiger partial charge in [-0.05, 0) is 50.1 Å². The lowest BCUT2D eigenvalue weighted by molar-refractivity contribution is -0.152. The fraction of sp³-hybridized carbons (Fsp3) is 0.433. The molecule has 1 unspecified atom stereocenters. The Morgan fingerprint density at radius 2 is 1.95 bits per heavy atom. The van der Waals surface area contributed by atoms with Crippen LogP contribution in [-0.4, -0.2) is 62.3 Å². The normalized spacial score (nSPS) is 26.1. The Morgan fingerprint density at radius 1 is 1.23 bits per heavy atom. The first-order chi connectivity index (χ1) is 21.0. The fourth-order valence-corrected chi connectivity index (χ4v) is 6.97. The number of aliphatic hydroxyl groups excluding tert-OH is 2. The molecular weight excluding hydrogens is 591 g/mol. The third kappa shape index (κ3) is 6.73. The Kier molecular flexibility index (Phi) is 9.54. The zero-order valence-electron chi connectivity index (χ0n) is 24.3. The number of nitrogens with one attached hydrogen (secondary N) is 1. The van der Waals surface area contributed by atoms with Crippen LogP contribution in [0.15, 0.2) is 72.2 Å². The summed E-state index contributed by atoms with van der Waals surface area (Å²) in [6, 6.07) is 12.7. The van der Waals surface area contributed by atoms with Gasteiger partial charge in [-0.25, -0.2) is 9.36 Å². The van der Waals surface area contributed by atoms with Crippen molar-refractivity contribution in [3.05, 3.63) is 77.9 Å². The van der Waals surface area contributed by atoms with E-state index in [-0.39, 0.29) is 17.7 Å². The van der Waals surface area contributed by atoms with Crippen LogP contribution in [0.2, 0.25) is 0 Å². The molecule has 3 aromatic rings. The Bertz CT molecular complexity index is 1610. The minimum Gasteiger partial charge on any atom is -0.461 e. The molecule has 2 heterocycles. The van der Waals surface area contributed by atoms with E-state index in [1.54, 1.807) is 24.3 Å². The smallest absolute Gasteiger partial charge is 0.459 e. The number of ether oxygens (including phenoxy) is 2. The Morgan fingerprint density at radius 3 is 2.68 bits per heavy atom. The van der Waals surface area contributed by atoms with E-state index in [4.69, 9.17) is 24.3 Å². The van der Waals surface area contributed by atoms with E-state index in [0.717, 1.165) is 42.1 Å². The SMILES string of the molecule is C=C[C@]1(COP(=O)(N[C@@H](C)C(=O)OC2CCCCC2)Oc2cccc3ccccc23)O[C@@H](n2ccc(N)nc2=O)[C@H](O)[C@@H]1O. The van der Waals surface area contributed by atoms with Gasteiger partial charge in [0.15, 0.2) is 6.23 Å². The molecular formula is C30H37N4O9P. The van der Waals surface area contributed by atoms with Crippen molar-refractivity contribution in [3.8, 4) is 5.75 Å². The lowest BCUT2D eigenvalue weighted by Crippen LogP contribution is -2.46. The second-order valence-corrected chi connectivity index (χ2v) is 12.7. The number of carbonyl (C=O) groups excluding carboxylic acids is 1. The molecule has 5 N–H and O–H groups in total. The predicted octanol–water partition coefficient (Wildman–Crippen LogP) is 3.21. The van der Waals surface area contributed by atoms with E-state index in [2.05, 4.69) is 16.7 Å². The summed E-state index contributed by atoms with van der Waals surface area (Å²) < 4.78 is 38.8. The highest BCUT2D eigenvalue weighted by Crippen LogP contribution is 2.49. The van der Waals surface area contributed by atoms with Gasteiger partial charge in [0.05, 0.1) is 6.61 Å². The third-order valence-electron chi connectivity index (χ3n) is 7.90. The highest BCUT2D eigenvalue weighted by molar-refractivity contribution is 7.52. The van der Waals surface area contributed by atoms with Gasteiger partial charge in [0.1, 0.15) is 41.5 Å². The largest absolute Gasteiger partial charge is 0.461 e. The van der Waals surface area contributed by atoms with Crippen molar-refractivity contribution in [2.75, 3.05) is 12.3 Å². The van der Waals surface area contributed by atoms with Crippen LogP contribution >= 0.6 is 7.75 Å². The molecule has 6 atom stereocenters. The van der Waals surface area contributed by atoms with Gasteiger partial charge in [-0.1, -0.05) is 48.9 Å². The average Bonchev–Trinajstić information content (AvgIpc) is 3.26. The number of nitrogens with two attached hydrogens (primary N) is 1. The summed E-state index contributed by atoms with van der Waals surface area (Å²) in [5.41, 5.74) is 2.90. The van der Waals surface area contributed by atoms with Gasteiger partial charge in [-0.15, -0.1) is 6.58 Å². The van der Waals surface area contributed by atoms with Crippen molar-refractivity contribution in [1.82, 2.24) is 14.6 Å². The number of hydrogen-bond donors (Lipinski definition) is 4. The van der Waals surface area contributed by atoms with Crippen LogP contribution in [0.25, 0.3) is 10.8 Å². The number of aromatic nitrogens is 2. The number of benzene rings is 2. The lowest BCUT2D eigenvalue weighted by atomic mass is 9.96. The average molecular weight is 629 g/mol. The summed E-state index contributed by atoms with van der Waals surface area (Å²) in [4.78, 5) is 29.1. The van der Waals surface area contributed by atoms with E-state index in [1.807, 2.05) is 18.2 Å². The topological polar surface area (TPSA) is 184 Å². The van der Waals surface area contributed by atoms with Crippen molar-refractivity contribution in [2.24, 2.45) is 0 Å². The van der Waals surface area contributed by atoms with Gasteiger partial charge in [0, 0.05) is 11.6 Å². The summed E-state index contributed by atoms with van der Waals surface area (Å²) in [5.74, 6) is -0.445. The molecule has 1 saturated carbocycles. The summed E-state index contributed by atoms with van der Waals surface area (Å²) in [7, 11) is -4.44. The number of nitrogens with zero attached hydrogens (tertiary/aromatic N) is 2. The fourth-order valence-electron chi connectivity index (χ4n) is 5.42. The van der Waals surface area contributed by atoms with Crippen molar-refractivity contribution in [1.29, 1.82) is 0 Å². The van der Waals surface area contributed by atoms with Crippen LogP contribution in [0.5, 0.6) is 5.75 Å². The molecule has 236 valence electrons. The maximum atomic E-state index is 14.4. The van der Waals surface area contributed by atoms with E-state index >= 15 is 0 Å². The quantitative estimate of drug-likeness (QED) is 0.138. The molecule has 1 aromatic heterocycles. The van der Waals surface area contributed by atoms with Crippen molar-refractivity contribution in [3.63, 3.8) is 0 Å². The summed E-state index contributed by atoms with van der Waals surface area (Å²) in [6.07, 6.45) is 2.04. The maximum absolute atomic E-state index is 14.4. The van der Waals surface area contributed by atoms with E-state index < -0.39 is 56.1 Å². The van der Waals surface area contributed by atoms with E-state index in [0.29, 0.717) is 5.39 Å². The molecule has 1 aliphatic carbocycles. The Hall–Kier alpha value is -3.58. The van der Waals surface area contributed by atoms with Gasteiger partial charge in [0.2, 0.25) is 0 Å². The van der Waals surface area contributed by atoms with Crippen LogP contribution in [0, 0.1) is 0 Å². The first kappa shape index (κ1) is 31.8. The van der Waals surface area contributed by atoms with Crippen molar-refractivity contribution >= 4 is 30.3 Å². The number of anilines is 1. The number of hydrogen-bond acceptors (Lipinski definition) is 11. The first-order valence-electron chi connectivity index (χ1n) is 14.5. The zero-order valence-corrected chi connectivity index (χ0v) is 25.2. The number of fused-ring (bicyclic) bond motifs is 1. The van der Waals surface area contributed by atoms with Crippen LogP contribution in [0.1, 0.15) is 45.3 Å². The highest BCUT2D eigenvalue weighted by atomic mass is 31.2. The molecule has 44 heavy (non-hydrogen) atoms. The van der Waals surface area contributed by atoms with Crippen LogP contribution in [0.3, 0.4) is 0 Å². The maximum Gasteiger partial charge on any atom is 0.459 e. The molecule has 0 amide bonds. The Balaban J connectivity index is 1.41.